The van der Waals surface area contributed by atoms with Crippen LogP contribution in [0.1, 0.15) is 51.5 Å². The van der Waals surface area contributed by atoms with Crippen molar-refractivity contribution in [2.75, 3.05) is 13.2 Å². The molecule has 1 aromatic rings. The molecule has 3 nitrogen and oxygen atoms in total. The molecule has 0 saturated carbocycles. The van der Waals surface area contributed by atoms with Crippen molar-refractivity contribution in [3.05, 3.63) is 36.3 Å². The minimum absolute atomic E-state index is 0.0158. The van der Waals surface area contributed by atoms with Gasteiger partial charge in [0.25, 0.3) is 0 Å². The van der Waals surface area contributed by atoms with Crippen molar-refractivity contribution in [1.29, 1.82) is 0 Å². The smallest absolute Gasteiger partial charge is 0.0934 e. The van der Waals surface area contributed by atoms with Crippen molar-refractivity contribution in [2.24, 2.45) is 23.2 Å². The highest BCUT2D eigenvalue weighted by Gasteiger charge is 2.44. The standard InChI is InChI=1S/C20H32O3/c1-3-4-5-6-19-17(13-21)7-8-18(14-22)20(19,2)11-9-16-10-12-23-15-16/h7-8,10,12,15,17-19,21-22H,3-6,9,11,13-14H2,1-2H3. The Hall–Kier alpha value is -1.06. The van der Waals surface area contributed by atoms with Crippen molar-refractivity contribution >= 4 is 0 Å². The van der Waals surface area contributed by atoms with Gasteiger partial charge in [-0.25, -0.2) is 0 Å². The monoisotopic (exact) mass is 320 g/mol. The van der Waals surface area contributed by atoms with E-state index in [9.17, 15) is 10.2 Å². The summed E-state index contributed by atoms with van der Waals surface area (Å²) < 4.78 is 5.19. The van der Waals surface area contributed by atoms with Crippen LogP contribution >= 0.6 is 0 Å². The Labute approximate surface area is 140 Å². The van der Waals surface area contributed by atoms with Gasteiger partial charge >= 0.3 is 0 Å². The Morgan fingerprint density at radius 1 is 1.17 bits per heavy atom. The van der Waals surface area contributed by atoms with E-state index in [0.717, 1.165) is 19.3 Å². The van der Waals surface area contributed by atoms with E-state index in [4.69, 9.17) is 4.42 Å². The summed E-state index contributed by atoms with van der Waals surface area (Å²) in [6.45, 7) is 4.91. The molecule has 1 heterocycles. The predicted molar refractivity (Wildman–Crippen MR) is 93.1 cm³/mol. The zero-order valence-corrected chi connectivity index (χ0v) is 14.6. The SMILES string of the molecule is CCCCCC1C(CO)C=CC(CO)C1(C)CCc1ccoc1. The zero-order valence-electron chi connectivity index (χ0n) is 14.6. The van der Waals surface area contributed by atoms with E-state index in [2.05, 4.69) is 26.0 Å². The first kappa shape index (κ1) is 18.3. The Morgan fingerprint density at radius 2 is 2.00 bits per heavy atom. The molecule has 0 amide bonds. The molecule has 0 aromatic carbocycles. The van der Waals surface area contributed by atoms with E-state index >= 15 is 0 Å². The van der Waals surface area contributed by atoms with Crippen molar-refractivity contribution < 1.29 is 14.6 Å². The van der Waals surface area contributed by atoms with Gasteiger partial charge in [-0.1, -0.05) is 45.3 Å². The minimum atomic E-state index is 0.0158. The fraction of sp³-hybridized carbons (Fsp3) is 0.700. The average Bonchev–Trinajstić information content (AvgIpc) is 3.08. The number of unbranched alkanes of at least 4 members (excludes halogenated alkanes) is 2. The first-order valence-corrected chi connectivity index (χ1v) is 9.06. The van der Waals surface area contributed by atoms with Gasteiger partial charge in [-0.2, -0.15) is 0 Å². The summed E-state index contributed by atoms with van der Waals surface area (Å²) in [6.07, 6.45) is 14.5. The van der Waals surface area contributed by atoms with Crippen LogP contribution in [0.2, 0.25) is 0 Å². The van der Waals surface area contributed by atoms with E-state index in [1.54, 1.807) is 6.26 Å². The maximum Gasteiger partial charge on any atom is 0.0934 e. The third kappa shape index (κ3) is 4.27. The predicted octanol–water partition coefficient (Wildman–Crippen LogP) is 4.20. The van der Waals surface area contributed by atoms with E-state index in [1.165, 1.54) is 24.8 Å². The Balaban J connectivity index is 2.17. The molecular weight excluding hydrogens is 288 g/mol. The number of aryl methyl sites for hydroxylation is 1. The van der Waals surface area contributed by atoms with Crippen molar-refractivity contribution in [1.82, 2.24) is 0 Å². The van der Waals surface area contributed by atoms with E-state index in [1.807, 2.05) is 12.3 Å². The molecule has 0 aliphatic heterocycles. The van der Waals surface area contributed by atoms with Crippen LogP contribution in [-0.2, 0) is 6.42 Å². The van der Waals surface area contributed by atoms with Gasteiger partial charge in [0.2, 0.25) is 0 Å². The average molecular weight is 320 g/mol. The van der Waals surface area contributed by atoms with Gasteiger partial charge in [-0.15, -0.1) is 0 Å². The van der Waals surface area contributed by atoms with Crippen LogP contribution in [0.5, 0.6) is 0 Å². The molecule has 23 heavy (non-hydrogen) atoms. The second kappa shape index (κ2) is 8.70. The molecule has 0 spiro atoms. The molecule has 130 valence electrons. The van der Waals surface area contributed by atoms with Crippen molar-refractivity contribution in [3.63, 3.8) is 0 Å². The van der Waals surface area contributed by atoms with E-state index in [0.29, 0.717) is 5.92 Å². The topological polar surface area (TPSA) is 53.6 Å². The first-order chi connectivity index (χ1) is 11.2. The number of rotatable bonds is 9. The number of hydrogen-bond acceptors (Lipinski definition) is 3. The molecule has 3 heteroatoms. The summed E-state index contributed by atoms with van der Waals surface area (Å²) in [5, 5.41) is 19.7. The number of aliphatic hydroxyl groups excluding tert-OH is 2. The molecule has 1 aliphatic rings. The molecule has 4 atom stereocenters. The fourth-order valence-electron chi connectivity index (χ4n) is 4.23. The third-order valence-electron chi connectivity index (χ3n) is 5.86. The zero-order chi connectivity index (χ0) is 16.7. The lowest BCUT2D eigenvalue weighted by Gasteiger charge is -2.48. The molecule has 2 rings (SSSR count). The lowest BCUT2D eigenvalue weighted by Crippen LogP contribution is -2.44. The van der Waals surface area contributed by atoms with Gasteiger partial charge in [-0.05, 0) is 42.2 Å². The molecule has 0 radical (unpaired) electrons. The Kier molecular flexibility index (Phi) is 6.91. The van der Waals surface area contributed by atoms with Crippen LogP contribution < -0.4 is 0 Å². The largest absolute Gasteiger partial charge is 0.472 e. The van der Waals surface area contributed by atoms with Crippen LogP contribution in [0.25, 0.3) is 0 Å². The number of aliphatic hydroxyl groups is 2. The maximum atomic E-state index is 9.90. The maximum absolute atomic E-state index is 9.90. The van der Waals surface area contributed by atoms with Crippen molar-refractivity contribution in [3.8, 4) is 0 Å². The molecule has 0 saturated heterocycles. The second-order valence-corrected chi connectivity index (χ2v) is 7.26. The molecule has 0 bridgehead atoms. The van der Waals surface area contributed by atoms with Crippen LogP contribution in [0.15, 0.2) is 35.2 Å². The fourth-order valence-corrected chi connectivity index (χ4v) is 4.23. The highest BCUT2D eigenvalue weighted by atomic mass is 16.3. The second-order valence-electron chi connectivity index (χ2n) is 7.26. The normalized spacial score (nSPS) is 30.7. The van der Waals surface area contributed by atoms with Crippen LogP contribution in [0.3, 0.4) is 0 Å². The van der Waals surface area contributed by atoms with E-state index < -0.39 is 0 Å². The molecule has 0 fully saturated rings. The van der Waals surface area contributed by atoms with Gasteiger partial charge in [0.05, 0.1) is 12.5 Å². The van der Waals surface area contributed by atoms with Gasteiger partial charge in [0.15, 0.2) is 0 Å². The summed E-state index contributed by atoms with van der Waals surface area (Å²) in [5.41, 5.74) is 1.23. The van der Waals surface area contributed by atoms with Gasteiger partial charge in [-0.3, -0.25) is 0 Å². The lowest BCUT2D eigenvalue weighted by molar-refractivity contribution is 0.00918. The molecular formula is C20H32O3. The molecule has 1 aliphatic carbocycles. The van der Waals surface area contributed by atoms with Crippen LogP contribution in [0.4, 0.5) is 0 Å². The minimum Gasteiger partial charge on any atom is -0.472 e. The summed E-state index contributed by atoms with van der Waals surface area (Å²) >= 11 is 0. The molecule has 1 aromatic heterocycles. The quantitative estimate of drug-likeness (QED) is 0.529. The van der Waals surface area contributed by atoms with E-state index in [-0.39, 0.29) is 30.5 Å². The van der Waals surface area contributed by atoms with Crippen molar-refractivity contribution in [2.45, 2.75) is 52.4 Å². The lowest BCUT2D eigenvalue weighted by atomic mass is 9.57. The van der Waals surface area contributed by atoms with Crippen LogP contribution in [-0.4, -0.2) is 23.4 Å². The summed E-state index contributed by atoms with van der Waals surface area (Å²) in [4.78, 5) is 0. The summed E-state index contributed by atoms with van der Waals surface area (Å²) in [5.74, 6) is 0.806. The summed E-state index contributed by atoms with van der Waals surface area (Å²) in [6, 6.07) is 2.02. The highest BCUT2D eigenvalue weighted by Crippen LogP contribution is 2.49. The van der Waals surface area contributed by atoms with Gasteiger partial charge in [0, 0.05) is 25.0 Å². The Bertz CT molecular complexity index is 465. The van der Waals surface area contributed by atoms with Crippen LogP contribution in [0, 0.1) is 23.2 Å². The number of hydrogen-bond donors (Lipinski definition) is 2. The third-order valence-corrected chi connectivity index (χ3v) is 5.86. The first-order valence-electron chi connectivity index (χ1n) is 9.06. The van der Waals surface area contributed by atoms with Gasteiger partial charge < -0.3 is 14.6 Å². The molecule has 4 unspecified atom stereocenters. The Morgan fingerprint density at radius 3 is 2.61 bits per heavy atom. The summed E-state index contributed by atoms with van der Waals surface area (Å²) in [7, 11) is 0. The highest BCUT2D eigenvalue weighted by molar-refractivity contribution is 5.12. The molecule has 2 N–H and O–H groups in total. The number of furan rings is 1. The van der Waals surface area contributed by atoms with Gasteiger partial charge in [0.1, 0.15) is 0 Å².